The van der Waals surface area contributed by atoms with Crippen molar-refractivity contribution >= 4 is 11.9 Å². The molecule has 0 aromatic carbocycles. The number of nitrogens with zero attached hydrogens (tertiary/aromatic N) is 1. The van der Waals surface area contributed by atoms with Gasteiger partial charge in [0.1, 0.15) is 16.7 Å². The van der Waals surface area contributed by atoms with E-state index in [-0.39, 0.29) is 18.3 Å². The van der Waals surface area contributed by atoms with Gasteiger partial charge in [0.15, 0.2) is 0 Å². The molecule has 1 aromatic heterocycles. The third-order valence-corrected chi connectivity index (χ3v) is 2.36. The first-order valence-corrected chi connectivity index (χ1v) is 5.59. The van der Waals surface area contributed by atoms with Crippen LogP contribution < -0.4 is 5.32 Å². The van der Waals surface area contributed by atoms with Crippen LogP contribution in [0.5, 0.6) is 0 Å². The molecule has 0 fully saturated rings. The number of aliphatic carboxylic acids is 1. The van der Waals surface area contributed by atoms with Crippen molar-refractivity contribution in [2.24, 2.45) is 5.92 Å². The highest BCUT2D eigenvalue weighted by molar-refractivity contribution is 5.73. The largest absolute Gasteiger partial charge is 0.480 e. The topological polar surface area (TPSA) is 106 Å². The molecule has 0 saturated carbocycles. The predicted octanol–water partition coefficient (Wildman–Crippen LogP) is 1.78. The Morgan fingerprint density at radius 1 is 1.56 bits per heavy atom. The van der Waals surface area contributed by atoms with Crippen LogP contribution in [0.4, 0.5) is 5.88 Å². The lowest BCUT2D eigenvalue weighted by atomic mass is 10.0. The first-order chi connectivity index (χ1) is 8.40. The average Bonchev–Trinajstić information content (AvgIpc) is 2.72. The van der Waals surface area contributed by atoms with Gasteiger partial charge in [-0.15, -0.1) is 0 Å². The molecule has 0 aliphatic heterocycles. The Balaban J connectivity index is 2.55. The Morgan fingerprint density at radius 2 is 2.22 bits per heavy atom. The smallest absolute Gasteiger partial charge is 0.433 e. The van der Waals surface area contributed by atoms with Crippen molar-refractivity contribution in [2.75, 3.05) is 0 Å². The number of rotatable bonds is 7. The second-order valence-electron chi connectivity index (χ2n) is 4.40. The highest BCUT2D eigenvalue weighted by Gasteiger charge is 2.19. The molecule has 2 N–H and O–H groups in total. The number of nitro groups is 1. The van der Waals surface area contributed by atoms with Crippen molar-refractivity contribution in [1.29, 1.82) is 0 Å². The van der Waals surface area contributed by atoms with Crippen molar-refractivity contribution in [3.63, 3.8) is 0 Å². The summed E-state index contributed by atoms with van der Waals surface area (Å²) in [6.07, 6.45) is 0.484. The van der Waals surface area contributed by atoms with E-state index in [0.717, 1.165) is 0 Å². The number of furan rings is 1. The number of carbonyl (C=O) groups is 1. The van der Waals surface area contributed by atoms with Gasteiger partial charge in [-0.25, -0.2) is 0 Å². The second-order valence-corrected chi connectivity index (χ2v) is 4.40. The molecule has 7 heteroatoms. The minimum Gasteiger partial charge on any atom is -0.480 e. The minimum atomic E-state index is -0.940. The Morgan fingerprint density at radius 3 is 2.67 bits per heavy atom. The van der Waals surface area contributed by atoms with Crippen LogP contribution in [-0.4, -0.2) is 22.0 Å². The molecule has 0 spiro atoms. The molecule has 1 aromatic rings. The van der Waals surface area contributed by atoms with Gasteiger partial charge in [0, 0.05) is 0 Å². The molecular weight excluding hydrogens is 240 g/mol. The highest BCUT2D eigenvalue weighted by Crippen LogP contribution is 2.15. The lowest BCUT2D eigenvalue weighted by Crippen LogP contribution is -2.37. The first-order valence-electron chi connectivity index (χ1n) is 5.59. The van der Waals surface area contributed by atoms with Gasteiger partial charge in [-0.3, -0.25) is 20.2 Å². The van der Waals surface area contributed by atoms with Crippen LogP contribution in [0.25, 0.3) is 0 Å². The monoisotopic (exact) mass is 256 g/mol. The summed E-state index contributed by atoms with van der Waals surface area (Å²) >= 11 is 0. The van der Waals surface area contributed by atoms with Crippen molar-refractivity contribution in [3.05, 3.63) is 28.0 Å². The summed E-state index contributed by atoms with van der Waals surface area (Å²) in [5, 5.41) is 22.2. The molecule has 0 aliphatic rings. The van der Waals surface area contributed by atoms with Crippen LogP contribution >= 0.6 is 0 Å². The predicted molar refractivity (Wildman–Crippen MR) is 63.1 cm³/mol. The van der Waals surface area contributed by atoms with Gasteiger partial charge in [0.2, 0.25) is 0 Å². The number of carboxylic acids is 1. The summed E-state index contributed by atoms with van der Waals surface area (Å²) in [5.74, 6) is -0.700. The molecule has 7 nitrogen and oxygen atoms in total. The van der Waals surface area contributed by atoms with Crippen molar-refractivity contribution in [1.82, 2.24) is 5.32 Å². The highest BCUT2D eigenvalue weighted by atomic mass is 16.6. The van der Waals surface area contributed by atoms with E-state index in [9.17, 15) is 14.9 Å². The summed E-state index contributed by atoms with van der Waals surface area (Å²) in [6, 6.07) is 2.02. The van der Waals surface area contributed by atoms with Crippen LogP contribution in [0.3, 0.4) is 0 Å². The standard InChI is InChI=1S/C11H16N2O5/c1-7(2)5-9(11(14)15)12-6-8-3-4-10(18-8)13(16)17/h3-4,7,9,12H,5-6H2,1-2H3,(H,14,15). The summed E-state index contributed by atoms with van der Waals surface area (Å²) in [7, 11) is 0. The van der Waals surface area contributed by atoms with Gasteiger partial charge in [-0.2, -0.15) is 0 Å². The molecule has 100 valence electrons. The fraction of sp³-hybridized carbons (Fsp3) is 0.545. The first kappa shape index (κ1) is 14.2. The molecule has 1 heterocycles. The second kappa shape index (κ2) is 6.15. The molecule has 0 saturated heterocycles. The maximum absolute atomic E-state index is 11.0. The average molecular weight is 256 g/mol. The molecule has 0 aliphatic carbocycles. The van der Waals surface area contributed by atoms with Gasteiger partial charge in [-0.05, 0) is 18.4 Å². The Hall–Kier alpha value is -1.89. The molecule has 0 radical (unpaired) electrons. The SMILES string of the molecule is CC(C)CC(NCc1ccc([N+](=O)[O-])o1)C(=O)O. The lowest BCUT2D eigenvalue weighted by Gasteiger charge is -2.15. The fourth-order valence-corrected chi connectivity index (χ4v) is 1.53. The maximum atomic E-state index is 11.0. The van der Waals surface area contributed by atoms with Crippen LogP contribution in [0, 0.1) is 16.0 Å². The zero-order valence-corrected chi connectivity index (χ0v) is 10.3. The number of nitrogens with one attached hydrogen (secondary N) is 1. The van der Waals surface area contributed by atoms with Crippen LogP contribution in [0.1, 0.15) is 26.0 Å². The molecular formula is C11H16N2O5. The van der Waals surface area contributed by atoms with E-state index in [2.05, 4.69) is 5.32 Å². The van der Waals surface area contributed by atoms with E-state index >= 15 is 0 Å². The maximum Gasteiger partial charge on any atom is 0.433 e. The number of carboxylic acid groups (broad SMARTS) is 1. The van der Waals surface area contributed by atoms with Gasteiger partial charge < -0.3 is 9.52 Å². The van der Waals surface area contributed by atoms with Crippen LogP contribution in [0.2, 0.25) is 0 Å². The molecule has 1 rings (SSSR count). The fourth-order valence-electron chi connectivity index (χ4n) is 1.53. The third-order valence-electron chi connectivity index (χ3n) is 2.36. The Kier molecular flexibility index (Phi) is 4.85. The van der Waals surface area contributed by atoms with Crippen molar-refractivity contribution in [2.45, 2.75) is 32.9 Å². The van der Waals surface area contributed by atoms with Gasteiger partial charge in [0.25, 0.3) is 0 Å². The lowest BCUT2D eigenvalue weighted by molar-refractivity contribution is -0.402. The summed E-state index contributed by atoms with van der Waals surface area (Å²) in [6.45, 7) is 4.00. The Labute approximate surface area is 104 Å². The molecule has 0 amide bonds. The number of hydrogen-bond donors (Lipinski definition) is 2. The summed E-state index contributed by atoms with van der Waals surface area (Å²) in [5.41, 5.74) is 0. The van der Waals surface area contributed by atoms with E-state index in [1.165, 1.54) is 12.1 Å². The van der Waals surface area contributed by atoms with E-state index in [0.29, 0.717) is 12.2 Å². The van der Waals surface area contributed by atoms with Crippen molar-refractivity contribution < 1.29 is 19.2 Å². The Bertz CT molecular complexity index is 427. The summed E-state index contributed by atoms with van der Waals surface area (Å²) in [4.78, 5) is 20.7. The van der Waals surface area contributed by atoms with Crippen LogP contribution in [-0.2, 0) is 11.3 Å². The van der Waals surface area contributed by atoms with Gasteiger partial charge in [0.05, 0.1) is 12.6 Å². The molecule has 1 unspecified atom stereocenters. The van der Waals surface area contributed by atoms with E-state index in [4.69, 9.17) is 9.52 Å². The molecule has 0 bridgehead atoms. The van der Waals surface area contributed by atoms with E-state index in [1.807, 2.05) is 13.8 Å². The summed E-state index contributed by atoms with van der Waals surface area (Å²) < 4.78 is 4.93. The molecule has 18 heavy (non-hydrogen) atoms. The van der Waals surface area contributed by atoms with E-state index < -0.39 is 16.9 Å². The zero-order chi connectivity index (χ0) is 13.7. The third kappa shape index (κ3) is 4.17. The van der Waals surface area contributed by atoms with Gasteiger partial charge in [-0.1, -0.05) is 13.8 Å². The minimum absolute atomic E-state index is 0.150. The van der Waals surface area contributed by atoms with Gasteiger partial charge >= 0.3 is 11.9 Å². The van der Waals surface area contributed by atoms with E-state index in [1.54, 1.807) is 0 Å². The van der Waals surface area contributed by atoms with Crippen molar-refractivity contribution in [3.8, 4) is 0 Å². The molecule has 1 atom stereocenters. The van der Waals surface area contributed by atoms with Crippen LogP contribution in [0.15, 0.2) is 16.5 Å². The normalized spacial score (nSPS) is 12.6. The quantitative estimate of drug-likeness (QED) is 0.569. The zero-order valence-electron chi connectivity index (χ0n) is 10.3. The number of hydrogen-bond acceptors (Lipinski definition) is 5.